The highest BCUT2D eigenvalue weighted by molar-refractivity contribution is 8.07. The second kappa shape index (κ2) is 10.5. The van der Waals surface area contributed by atoms with Crippen LogP contribution in [0.4, 0.5) is 5.95 Å². The summed E-state index contributed by atoms with van der Waals surface area (Å²) in [5, 5.41) is 11.1. The van der Waals surface area contributed by atoms with Crippen LogP contribution in [0.2, 0.25) is 0 Å². The fourth-order valence-corrected chi connectivity index (χ4v) is 6.55. The van der Waals surface area contributed by atoms with Crippen molar-refractivity contribution in [3.8, 4) is 0 Å². The largest absolute Gasteiger partial charge is 0.473 e. The third-order valence-electron chi connectivity index (χ3n) is 6.41. The molecular formula is C19H23N9O10P2S. The van der Waals surface area contributed by atoms with Crippen molar-refractivity contribution < 1.29 is 42.3 Å². The minimum absolute atomic E-state index is 0.0162. The summed E-state index contributed by atoms with van der Waals surface area (Å²) in [6.45, 7) is -3.58. The highest BCUT2D eigenvalue weighted by Gasteiger charge is 2.50. The van der Waals surface area contributed by atoms with E-state index in [1.165, 1.54) is 21.8 Å². The third kappa shape index (κ3) is 5.44. The Morgan fingerprint density at radius 2 is 1.95 bits per heavy atom. The van der Waals surface area contributed by atoms with Gasteiger partial charge in [-0.2, -0.15) is 4.98 Å². The summed E-state index contributed by atoms with van der Waals surface area (Å²) >= 11 is 5.10. The zero-order valence-electron chi connectivity index (χ0n) is 21.0. The summed E-state index contributed by atoms with van der Waals surface area (Å²) in [6.07, 6.45) is -2.87. The molecule has 2 aliphatic rings. The van der Waals surface area contributed by atoms with Gasteiger partial charge in [0.15, 0.2) is 23.0 Å². The number of aromatic nitrogens is 8. The SMILES string of the molecule is Cc1ncnc2c1ncn2[C@@H]1O[C@@H]2COP(O)(=S)OCCn3c(nc4c(=O)[nH]c(N)nc43)COP(=O)(O)O[C@@H]1[C@@H]2O. The average molecular weight is 631 g/mol. The number of nitrogens with one attached hydrogen (secondary N) is 1. The van der Waals surface area contributed by atoms with Crippen molar-refractivity contribution in [2.24, 2.45) is 0 Å². The van der Waals surface area contributed by atoms with Gasteiger partial charge in [0.05, 0.1) is 25.2 Å². The molecule has 4 aromatic heterocycles. The number of rotatable bonds is 1. The summed E-state index contributed by atoms with van der Waals surface area (Å²) in [4.78, 5) is 56.8. The number of aliphatic hydroxyl groups is 1. The summed E-state index contributed by atoms with van der Waals surface area (Å²) in [7, 11) is -4.94. The molecule has 6 rings (SSSR count). The number of ether oxygens (including phenoxy) is 1. The van der Waals surface area contributed by atoms with E-state index >= 15 is 0 Å². The molecular weight excluding hydrogens is 608 g/mol. The molecule has 0 aromatic carbocycles. The summed E-state index contributed by atoms with van der Waals surface area (Å²) in [5.41, 5.74) is 6.22. The molecule has 19 nitrogen and oxygen atoms in total. The van der Waals surface area contributed by atoms with Gasteiger partial charge in [-0.1, -0.05) is 0 Å². The zero-order chi connectivity index (χ0) is 29.1. The van der Waals surface area contributed by atoms with Crippen LogP contribution in [0.25, 0.3) is 22.3 Å². The molecule has 41 heavy (non-hydrogen) atoms. The highest BCUT2D eigenvalue weighted by Crippen LogP contribution is 2.51. The van der Waals surface area contributed by atoms with Crippen LogP contribution in [0, 0.1) is 6.92 Å². The minimum atomic E-state index is -4.94. The lowest BCUT2D eigenvalue weighted by Crippen LogP contribution is -2.35. The number of aryl methyl sites for hydroxylation is 1. The lowest BCUT2D eigenvalue weighted by atomic mass is 10.1. The van der Waals surface area contributed by atoms with Crippen molar-refractivity contribution in [2.45, 2.75) is 44.6 Å². The van der Waals surface area contributed by atoms with E-state index in [-0.39, 0.29) is 36.1 Å². The van der Waals surface area contributed by atoms with Crippen molar-refractivity contribution >= 4 is 54.6 Å². The van der Waals surface area contributed by atoms with E-state index in [0.29, 0.717) is 16.9 Å². The van der Waals surface area contributed by atoms with Gasteiger partial charge in [-0.25, -0.2) is 24.5 Å². The first kappa shape index (κ1) is 28.4. The van der Waals surface area contributed by atoms with E-state index < -0.39 is 57.9 Å². The van der Waals surface area contributed by atoms with Gasteiger partial charge in [0.1, 0.15) is 42.6 Å². The minimum Gasteiger partial charge on any atom is -0.387 e. The number of nitrogens with two attached hydrogens (primary N) is 1. The average Bonchev–Trinajstić information content (AvgIpc) is 3.56. The van der Waals surface area contributed by atoms with Gasteiger partial charge in [0, 0.05) is 6.54 Å². The molecule has 0 saturated carbocycles. The predicted molar refractivity (Wildman–Crippen MR) is 140 cm³/mol. The van der Waals surface area contributed by atoms with Gasteiger partial charge in [0.2, 0.25) is 5.95 Å². The van der Waals surface area contributed by atoms with E-state index in [4.69, 9.17) is 40.4 Å². The van der Waals surface area contributed by atoms with E-state index in [9.17, 15) is 24.3 Å². The number of imidazole rings is 2. The maximum atomic E-state index is 13.2. The molecule has 0 spiro atoms. The fraction of sp³-hybridized carbons (Fsp3) is 0.474. The molecule has 2 bridgehead atoms. The summed E-state index contributed by atoms with van der Waals surface area (Å²) in [5.74, 6) is -0.212. The standard InChI is InChI=1S/C19H23N9O10P2S/c1-8-11-15(22-6-21-8)28(7-23-11)18-14-13(29)9(37-18)4-36-40(33,41)34-3-2-27-10(5-35-39(31,32)38-14)24-12-16(27)25-19(20)26-17(12)30/h6-7,9,13-14,18,29H,2-5H2,1H3,(H,31,32)(H,33,41)(H3,20,25,26,30)/t9-,13-,14-,18-,40?/m1/s1. The third-order valence-corrected chi connectivity index (χ3v) is 9.00. The maximum absolute atomic E-state index is 13.2. The van der Waals surface area contributed by atoms with E-state index in [0.717, 1.165) is 0 Å². The normalized spacial score (nSPS) is 31.6. The smallest absolute Gasteiger partial charge is 0.387 e. The number of phosphoric acid groups is 1. The topological polar surface area (TPSA) is 257 Å². The van der Waals surface area contributed by atoms with Crippen molar-refractivity contribution in [3.05, 3.63) is 34.5 Å². The maximum Gasteiger partial charge on any atom is 0.473 e. The van der Waals surface area contributed by atoms with Gasteiger partial charge in [-0.05, 0) is 18.7 Å². The molecule has 1 fully saturated rings. The van der Waals surface area contributed by atoms with Gasteiger partial charge in [-0.3, -0.25) is 23.4 Å². The molecule has 0 amide bonds. The molecule has 2 unspecified atom stereocenters. The Bertz CT molecular complexity index is 1800. The first-order valence-electron chi connectivity index (χ1n) is 11.9. The Labute approximate surface area is 234 Å². The number of anilines is 1. The summed E-state index contributed by atoms with van der Waals surface area (Å²) in [6, 6.07) is 0. The monoisotopic (exact) mass is 631 g/mol. The van der Waals surface area contributed by atoms with E-state index in [1.54, 1.807) is 6.92 Å². The summed E-state index contributed by atoms with van der Waals surface area (Å²) < 4.78 is 43.3. The molecule has 6 heterocycles. The second-order valence-corrected chi connectivity index (χ2v) is 13.3. The van der Waals surface area contributed by atoms with E-state index in [2.05, 4.69) is 29.9 Å². The second-order valence-electron chi connectivity index (χ2n) is 9.05. The van der Waals surface area contributed by atoms with E-state index in [1.807, 2.05) is 0 Å². The molecule has 220 valence electrons. The number of fused-ring (bicyclic) bond motifs is 6. The number of phosphoric ester groups is 1. The first-order chi connectivity index (χ1) is 19.4. The number of nitrogens with zero attached hydrogens (tertiary/aromatic N) is 7. The molecule has 6 atom stereocenters. The number of nitrogen functional groups attached to an aromatic ring is 1. The number of hydrogen-bond acceptors (Lipinski definition) is 15. The van der Waals surface area contributed by atoms with Gasteiger partial charge >= 0.3 is 14.5 Å². The van der Waals surface area contributed by atoms with Crippen LogP contribution in [0.5, 0.6) is 0 Å². The quantitative estimate of drug-likeness (QED) is 0.164. The number of H-pyrrole nitrogens is 1. The lowest BCUT2D eigenvalue weighted by molar-refractivity contribution is -0.0500. The molecule has 2 aliphatic heterocycles. The predicted octanol–water partition coefficient (Wildman–Crippen LogP) is -0.626. The van der Waals surface area contributed by atoms with Gasteiger partial charge in [0.25, 0.3) is 5.56 Å². The number of aliphatic hydroxyl groups excluding tert-OH is 1. The molecule has 0 aliphatic carbocycles. The number of hydrogen-bond donors (Lipinski definition) is 5. The van der Waals surface area contributed by atoms with Crippen molar-refractivity contribution in [1.82, 2.24) is 39.0 Å². The Kier molecular flexibility index (Phi) is 7.28. The zero-order valence-corrected chi connectivity index (χ0v) is 23.6. The Hall–Kier alpha value is -2.74. The van der Waals surface area contributed by atoms with Crippen LogP contribution in [0.1, 0.15) is 17.7 Å². The van der Waals surface area contributed by atoms with Gasteiger partial charge < -0.3 is 39.0 Å². The lowest BCUT2D eigenvalue weighted by Gasteiger charge is -2.24. The van der Waals surface area contributed by atoms with Crippen LogP contribution in [-0.4, -0.2) is 85.5 Å². The molecule has 4 aromatic rings. The molecule has 6 N–H and O–H groups in total. The van der Waals surface area contributed by atoms with Crippen LogP contribution >= 0.6 is 14.5 Å². The van der Waals surface area contributed by atoms with Crippen LogP contribution in [-0.2, 0) is 52.4 Å². The van der Waals surface area contributed by atoms with Crippen molar-refractivity contribution in [2.75, 3.05) is 18.9 Å². The van der Waals surface area contributed by atoms with Crippen molar-refractivity contribution in [3.63, 3.8) is 0 Å². The van der Waals surface area contributed by atoms with Crippen LogP contribution < -0.4 is 11.3 Å². The van der Waals surface area contributed by atoms with Crippen LogP contribution in [0.3, 0.4) is 0 Å². The fourth-order valence-electron chi connectivity index (χ4n) is 4.54. The molecule has 1 saturated heterocycles. The number of aromatic amines is 1. The first-order valence-corrected chi connectivity index (χ1v) is 16.0. The highest BCUT2D eigenvalue weighted by atomic mass is 32.5. The van der Waals surface area contributed by atoms with Gasteiger partial charge in [-0.15, -0.1) is 0 Å². The Morgan fingerprint density at radius 1 is 1.15 bits per heavy atom. The van der Waals surface area contributed by atoms with Crippen LogP contribution in [0.15, 0.2) is 17.4 Å². The molecule has 22 heteroatoms. The van der Waals surface area contributed by atoms with Crippen molar-refractivity contribution in [1.29, 1.82) is 0 Å². The Morgan fingerprint density at radius 3 is 2.76 bits per heavy atom. The molecule has 0 radical (unpaired) electrons. The Balaban J connectivity index is 1.38.